The zero-order chi connectivity index (χ0) is 10.1. The maximum atomic E-state index is 13.4. The van der Waals surface area contributed by atoms with Gasteiger partial charge in [-0.25, -0.2) is 4.39 Å². The first kappa shape index (κ1) is 8.68. The van der Waals surface area contributed by atoms with Crippen LogP contribution in [0.3, 0.4) is 0 Å². The van der Waals surface area contributed by atoms with Crippen molar-refractivity contribution >= 4 is 23.3 Å². The number of rotatable bonds is 2. The van der Waals surface area contributed by atoms with Gasteiger partial charge in [-0.1, -0.05) is 0 Å². The second-order valence-electron chi connectivity index (χ2n) is 2.97. The van der Waals surface area contributed by atoms with Crippen LogP contribution < -0.4 is 5.43 Å². The first-order valence-corrected chi connectivity index (χ1v) is 4.05. The van der Waals surface area contributed by atoms with Gasteiger partial charge < -0.3 is 0 Å². The van der Waals surface area contributed by atoms with Crippen molar-refractivity contribution in [2.45, 2.75) is 0 Å². The molecule has 0 unspecified atom stereocenters. The molecule has 0 saturated heterocycles. The molecule has 0 amide bonds. The minimum absolute atomic E-state index is 0.363. The summed E-state index contributed by atoms with van der Waals surface area (Å²) in [5.41, 5.74) is 3.52. The fourth-order valence-electron chi connectivity index (χ4n) is 1.37. The van der Waals surface area contributed by atoms with E-state index in [1.54, 1.807) is 24.0 Å². The van der Waals surface area contributed by atoms with Crippen molar-refractivity contribution in [2.75, 3.05) is 5.43 Å². The number of halogens is 1. The van der Waals surface area contributed by atoms with Crippen molar-refractivity contribution < 1.29 is 4.39 Å². The first-order chi connectivity index (χ1) is 6.70. The highest BCUT2D eigenvalue weighted by atomic mass is 19.1. The van der Waals surface area contributed by atoms with Crippen LogP contribution in [-0.2, 0) is 7.05 Å². The summed E-state index contributed by atoms with van der Waals surface area (Å²) in [5, 5.41) is 8.18. The molecule has 1 aromatic heterocycles. The van der Waals surface area contributed by atoms with Crippen LogP contribution in [0.4, 0.5) is 10.1 Å². The number of aryl methyl sites for hydroxylation is 1. The van der Waals surface area contributed by atoms with E-state index in [1.807, 2.05) is 0 Å². The van der Waals surface area contributed by atoms with Gasteiger partial charge in [0.05, 0.1) is 5.69 Å². The lowest BCUT2D eigenvalue weighted by molar-refractivity contribution is 0.633. The van der Waals surface area contributed by atoms with E-state index in [0.717, 1.165) is 5.39 Å². The second-order valence-corrected chi connectivity index (χ2v) is 2.97. The average molecular weight is 192 g/mol. The maximum absolute atomic E-state index is 13.4. The van der Waals surface area contributed by atoms with E-state index in [4.69, 9.17) is 0 Å². The van der Waals surface area contributed by atoms with Gasteiger partial charge in [0.1, 0.15) is 5.52 Å². The molecule has 0 saturated carbocycles. The lowest BCUT2D eigenvalue weighted by atomic mass is 10.2. The predicted octanol–water partition coefficient (Wildman–Crippen LogP) is 1.74. The van der Waals surface area contributed by atoms with Gasteiger partial charge in [-0.05, 0) is 6.07 Å². The Bertz CT molecular complexity index is 489. The number of hydrogen-bond acceptors (Lipinski definition) is 3. The van der Waals surface area contributed by atoms with Gasteiger partial charge in [-0.3, -0.25) is 10.1 Å². The van der Waals surface area contributed by atoms with Gasteiger partial charge in [-0.15, -0.1) is 0 Å². The Morgan fingerprint density at radius 1 is 1.57 bits per heavy atom. The third-order valence-electron chi connectivity index (χ3n) is 1.88. The van der Waals surface area contributed by atoms with Crippen LogP contribution in [0.1, 0.15) is 0 Å². The molecule has 0 aliphatic rings. The highest BCUT2D eigenvalue weighted by molar-refractivity contribution is 5.82. The number of anilines is 1. The minimum Gasteiger partial charge on any atom is -0.279 e. The van der Waals surface area contributed by atoms with Gasteiger partial charge in [0.25, 0.3) is 0 Å². The third kappa shape index (κ3) is 1.32. The quantitative estimate of drug-likeness (QED) is 0.581. The number of nitrogens with zero attached hydrogens (tertiary/aromatic N) is 3. The largest absolute Gasteiger partial charge is 0.279 e. The summed E-state index contributed by atoms with van der Waals surface area (Å²) in [4.78, 5) is 0. The SMILES string of the molecule is C=NNc1cc(F)c2nn(C)cc2c1. The molecule has 0 bridgehead atoms. The summed E-state index contributed by atoms with van der Waals surface area (Å²) in [6.07, 6.45) is 1.74. The topological polar surface area (TPSA) is 42.2 Å². The zero-order valence-electron chi connectivity index (χ0n) is 7.66. The Labute approximate surface area is 80.0 Å². The van der Waals surface area contributed by atoms with E-state index in [1.165, 1.54) is 6.07 Å². The van der Waals surface area contributed by atoms with E-state index in [9.17, 15) is 4.39 Å². The molecule has 1 aromatic carbocycles. The molecule has 0 spiro atoms. The molecule has 1 N–H and O–H groups in total. The fourth-order valence-corrected chi connectivity index (χ4v) is 1.37. The lowest BCUT2D eigenvalue weighted by Gasteiger charge is -1.99. The summed E-state index contributed by atoms with van der Waals surface area (Å²) in [6, 6.07) is 3.10. The molecule has 5 heteroatoms. The van der Waals surface area contributed by atoms with Crippen LogP contribution in [0.2, 0.25) is 0 Å². The van der Waals surface area contributed by atoms with Gasteiger partial charge in [0.2, 0.25) is 0 Å². The molecule has 72 valence electrons. The number of aromatic nitrogens is 2. The van der Waals surface area contributed by atoms with Gasteiger partial charge in [0.15, 0.2) is 5.82 Å². The van der Waals surface area contributed by atoms with E-state index in [2.05, 4.69) is 22.3 Å². The molecule has 0 fully saturated rings. The smallest absolute Gasteiger partial charge is 0.153 e. The molecule has 0 atom stereocenters. The number of nitrogens with one attached hydrogen (secondary N) is 1. The Balaban J connectivity index is 2.64. The van der Waals surface area contributed by atoms with Crippen molar-refractivity contribution in [1.82, 2.24) is 9.78 Å². The van der Waals surface area contributed by atoms with Gasteiger partial charge in [0, 0.05) is 31.4 Å². The Morgan fingerprint density at radius 2 is 2.36 bits per heavy atom. The molecule has 4 nitrogen and oxygen atoms in total. The maximum Gasteiger partial charge on any atom is 0.153 e. The molecule has 0 aliphatic carbocycles. The number of benzene rings is 1. The van der Waals surface area contributed by atoms with Crippen molar-refractivity contribution in [1.29, 1.82) is 0 Å². The number of hydrazone groups is 1. The van der Waals surface area contributed by atoms with E-state index < -0.39 is 0 Å². The van der Waals surface area contributed by atoms with Crippen molar-refractivity contribution in [2.24, 2.45) is 12.1 Å². The third-order valence-corrected chi connectivity index (χ3v) is 1.88. The normalized spacial score (nSPS) is 10.4. The molecule has 0 radical (unpaired) electrons. The molecule has 1 heterocycles. The van der Waals surface area contributed by atoms with Crippen molar-refractivity contribution in [3.05, 3.63) is 24.1 Å². The summed E-state index contributed by atoms with van der Waals surface area (Å²) >= 11 is 0. The predicted molar refractivity (Wildman–Crippen MR) is 53.8 cm³/mol. The monoisotopic (exact) mass is 192 g/mol. The molecule has 0 aliphatic heterocycles. The van der Waals surface area contributed by atoms with E-state index >= 15 is 0 Å². The van der Waals surface area contributed by atoms with Crippen LogP contribution in [-0.4, -0.2) is 16.5 Å². The molecular weight excluding hydrogens is 183 g/mol. The summed E-state index contributed by atoms with van der Waals surface area (Å²) in [6.45, 7) is 3.27. The van der Waals surface area contributed by atoms with Crippen molar-refractivity contribution in [3.8, 4) is 0 Å². The zero-order valence-corrected chi connectivity index (χ0v) is 7.66. The second kappa shape index (κ2) is 3.10. The van der Waals surface area contributed by atoms with E-state index in [-0.39, 0.29) is 5.82 Å². The Hall–Kier alpha value is -1.91. The van der Waals surface area contributed by atoms with E-state index in [0.29, 0.717) is 11.2 Å². The highest BCUT2D eigenvalue weighted by Crippen LogP contribution is 2.21. The highest BCUT2D eigenvalue weighted by Gasteiger charge is 2.06. The standard InChI is InChI=1S/C9H9FN4/c1-11-12-7-3-6-5-14(2)13-9(6)8(10)4-7/h3-5,12H,1H2,2H3. The first-order valence-electron chi connectivity index (χ1n) is 4.05. The number of fused-ring (bicyclic) bond motifs is 1. The van der Waals surface area contributed by atoms with Crippen molar-refractivity contribution in [3.63, 3.8) is 0 Å². The molecule has 2 rings (SSSR count). The van der Waals surface area contributed by atoms with Crippen LogP contribution in [0.5, 0.6) is 0 Å². The average Bonchev–Trinajstić information content (AvgIpc) is 2.47. The van der Waals surface area contributed by atoms with Gasteiger partial charge >= 0.3 is 0 Å². The summed E-state index contributed by atoms with van der Waals surface area (Å²) < 4.78 is 15.0. The molecule has 2 aromatic rings. The Kier molecular flexibility index (Phi) is 1.92. The van der Waals surface area contributed by atoms with Crippen LogP contribution in [0.15, 0.2) is 23.4 Å². The van der Waals surface area contributed by atoms with Gasteiger partial charge in [-0.2, -0.15) is 10.2 Å². The van der Waals surface area contributed by atoms with Crippen LogP contribution in [0.25, 0.3) is 10.9 Å². The van der Waals surface area contributed by atoms with Crippen LogP contribution >= 0.6 is 0 Å². The lowest BCUT2D eigenvalue weighted by Crippen LogP contribution is -1.89. The summed E-state index contributed by atoms with van der Waals surface area (Å²) in [7, 11) is 1.75. The Morgan fingerprint density at radius 3 is 3.07 bits per heavy atom. The molecular formula is C9H9FN4. The minimum atomic E-state index is -0.366. The fraction of sp³-hybridized carbons (Fsp3) is 0.111. The molecule has 14 heavy (non-hydrogen) atoms. The van der Waals surface area contributed by atoms with Crippen LogP contribution in [0, 0.1) is 5.82 Å². The number of hydrogen-bond donors (Lipinski definition) is 1. The summed E-state index contributed by atoms with van der Waals surface area (Å²) in [5.74, 6) is -0.366.